The predicted molar refractivity (Wildman–Crippen MR) is 60.0 cm³/mol. The van der Waals surface area contributed by atoms with E-state index < -0.39 is 5.91 Å². The molecule has 89 valence electrons. The summed E-state index contributed by atoms with van der Waals surface area (Å²) in [4.78, 5) is 15.0. The van der Waals surface area contributed by atoms with Crippen LogP contribution in [0.15, 0.2) is 6.20 Å². The van der Waals surface area contributed by atoms with Crippen LogP contribution in [0.1, 0.15) is 38.3 Å². The van der Waals surface area contributed by atoms with Gasteiger partial charge in [0.25, 0.3) is 5.91 Å². The molecular weight excluding hydrogens is 206 g/mol. The van der Waals surface area contributed by atoms with Crippen LogP contribution in [0.5, 0.6) is 0 Å². The summed E-state index contributed by atoms with van der Waals surface area (Å²) in [6, 6.07) is 0. The van der Waals surface area contributed by atoms with Crippen LogP contribution in [0.3, 0.4) is 0 Å². The van der Waals surface area contributed by atoms with Crippen LogP contribution in [0.4, 0.5) is 0 Å². The van der Waals surface area contributed by atoms with Crippen molar-refractivity contribution in [3.63, 3.8) is 0 Å². The van der Waals surface area contributed by atoms with Gasteiger partial charge < -0.3 is 15.0 Å². The molecule has 0 bridgehead atoms. The number of carbonyl (C=O) groups is 1. The number of primary amides is 1. The number of nitrogens with zero attached hydrogens (tertiary/aromatic N) is 2. The van der Waals surface area contributed by atoms with Crippen LogP contribution in [0.25, 0.3) is 0 Å². The molecule has 1 aromatic rings. The third-order valence-corrected chi connectivity index (χ3v) is 2.23. The largest absolute Gasteiger partial charge is 0.376 e. The van der Waals surface area contributed by atoms with Crippen molar-refractivity contribution in [2.24, 2.45) is 5.73 Å². The molecule has 0 unspecified atom stereocenters. The number of amides is 1. The normalized spacial score (nSPS) is 12.1. The van der Waals surface area contributed by atoms with Gasteiger partial charge >= 0.3 is 0 Å². The minimum Gasteiger partial charge on any atom is -0.376 e. The molecule has 0 aliphatic carbocycles. The van der Waals surface area contributed by atoms with Gasteiger partial charge in [0.1, 0.15) is 6.20 Å². The lowest BCUT2D eigenvalue weighted by Crippen LogP contribution is -2.36. The van der Waals surface area contributed by atoms with Crippen molar-refractivity contribution in [1.29, 1.82) is 0 Å². The van der Waals surface area contributed by atoms with E-state index in [1.807, 2.05) is 27.7 Å². The summed E-state index contributed by atoms with van der Waals surface area (Å²) in [6.07, 6.45) is 4.39. The number of aromatic nitrogens is 2. The van der Waals surface area contributed by atoms with Gasteiger partial charge in [0.05, 0.1) is 18.2 Å². The molecule has 0 aliphatic heterocycles. The quantitative estimate of drug-likeness (QED) is 0.809. The SMILES string of the molecule is CC(C)OCC(C)(C)n1c[c]nc1C(N)=O. The van der Waals surface area contributed by atoms with E-state index in [9.17, 15) is 4.79 Å². The molecule has 1 heterocycles. The van der Waals surface area contributed by atoms with E-state index in [-0.39, 0.29) is 17.5 Å². The van der Waals surface area contributed by atoms with Gasteiger partial charge in [0.2, 0.25) is 0 Å². The van der Waals surface area contributed by atoms with E-state index in [0.29, 0.717) is 6.61 Å². The molecular formula is C11H18N3O2. The van der Waals surface area contributed by atoms with E-state index >= 15 is 0 Å². The maximum atomic E-state index is 11.1. The van der Waals surface area contributed by atoms with Gasteiger partial charge in [-0.25, -0.2) is 4.98 Å². The smallest absolute Gasteiger partial charge is 0.284 e. The lowest BCUT2D eigenvalue weighted by atomic mass is 10.1. The van der Waals surface area contributed by atoms with Gasteiger partial charge in [-0.3, -0.25) is 4.79 Å². The molecule has 2 N–H and O–H groups in total. The Kier molecular flexibility index (Phi) is 3.70. The number of carbonyl (C=O) groups excluding carboxylic acids is 1. The number of hydrogen-bond acceptors (Lipinski definition) is 3. The molecule has 0 aliphatic rings. The lowest BCUT2D eigenvalue weighted by molar-refractivity contribution is 0.0250. The van der Waals surface area contributed by atoms with Crippen molar-refractivity contribution < 1.29 is 9.53 Å². The second-order valence-electron chi connectivity index (χ2n) is 4.60. The van der Waals surface area contributed by atoms with Crippen molar-refractivity contribution in [2.75, 3.05) is 6.61 Å². The van der Waals surface area contributed by atoms with Gasteiger partial charge in [-0.2, -0.15) is 0 Å². The van der Waals surface area contributed by atoms with E-state index in [2.05, 4.69) is 11.2 Å². The highest BCUT2D eigenvalue weighted by atomic mass is 16.5. The molecule has 16 heavy (non-hydrogen) atoms. The van der Waals surface area contributed by atoms with Crippen LogP contribution in [-0.4, -0.2) is 28.2 Å². The van der Waals surface area contributed by atoms with Gasteiger partial charge in [-0.15, -0.1) is 0 Å². The fourth-order valence-corrected chi connectivity index (χ4v) is 1.34. The zero-order chi connectivity index (χ0) is 12.3. The van der Waals surface area contributed by atoms with Crippen molar-refractivity contribution >= 4 is 5.91 Å². The third kappa shape index (κ3) is 2.82. The number of hydrogen-bond donors (Lipinski definition) is 1. The van der Waals surface area contributed by atoms with Crippen molar-refractivity contribution in [1.82, 2.24) is 9.55 Å². The van der Waals surface area contributed by atoms with Crippen molar-refractivity contribution in [2.45, 2.75) is 39.3 Å². The van der Waals surface area contributed by atoms with Gasteiger partial charge in [-0.1, -0.05) is 0 Å². The fourth-order valence-electron chi connectivity index (χ4n) is 1.34. The first-order valence-electron chi connectivity index (χ1n) is 5.22. The van der Waals surface area contributed by atoms with E-state index in [4.69, 9.17) is 10.5 Å². The first kappa shape index (κ1) is 12.7. The minimum absolute atomic E-state index is 0.142. The van der Waals surface area contributed by atoms with Crippen LogP contribution < -0.4 is 5.73 Å². The number of nitrogens with two attached hydrogens (primary N) is 1. The molecule has 1 radical (unpaired) electrons. The summed E-state index contributed by atoms with van der Waals surface area (Å²) >= 11 is 0. The second kappa shape index (κ2) is 4.65. The highest BCUT2D eigenvalue weighted by Gasteiger charge is 2.25. The summed E-state index contributed by atoms with van der Waals surface area (Å²) in [5.41, 5.74) is 4.86. The Bertz CT molecular complexity index is 369. The molecule has 0 fully saturated rings. The number of ether oxygens (including phenoxy) is 1. The summed E-state index contributed by atoms with van der Waals surface area (Å²) in [7, 11) is 0. The standard InChI is InChI=1S/C11H18N3O2/c1-8(2)16-7-11(3,4)14-6-5-13-10(14)9(12)15/h6,8H,7H2,1-4H3,(H2,12,15). The average molecular weight is 224 g/mol. The van der Waals surface area contributed by atoms with Crippen LogP contribution in [-0.2, 0) is 10.3 Å². The zero-order valence-electron chi connectivity index (χ0n) is 10.2. The van der Waals surface area contributed by atoms with Crippen LogP contribution >= 0.6 is 0 Å². The Balaban J connectivity index is 2.88. The minimum atomic E-state index is -0.557. The molecule has 0 atom stereocenters. The Morgan fingerprint density at radius 3 is 2.81 bits per heavy atom. The zero-order valence-corrected chi connectivity index (χ0v) is 10.2. The van der Waals surface area contributed by atoms with E-state index in [1.165, 1.54) is 0 Å². The van der Waals surface area contributed by atoms with Gasteiger partial charge in [-0.05, 0) is 27.7 Å². The molecule has 0 aromatic carbocycles. The maximum Gasteiger partial charge on any atom is 0.284 e. The fraction of sp³-hybridized carbons (Fsp3) is 0.636. The van der Waals surface area contributed by atoms with E-state index in [0.717, 1.165) is 0 Å². The summed E-state index contributed by atoms with van der Waals surface area (Å²) in [5.74, 6) is -0.351. The Morgan fingerprint density at radius 2 is 2.31 bits per heavy atom. The van der Waals surface area contributed by atoms with Crippen LogP contribution in [0.2, 0.25) is 0 Å². The van der Waals surface area contributed by atoms with Gasteiger partial charge in [0, 0.05) is 6.20 Å². The summed E-state index contributed by atoms with van der Waals surface area (Å²) < 4.78 is 7.24. The average Bonchev–Trinajstić information content (AvgIpc) is 2.63. The Hall–Kier alpha value is -1.36. The van der Waals surface area contributed by atoms with Crippen molar-refractivity contribution in [3.8, 4) is 0 Å². The summed E-state index contributed by atoms with van der Waals surface area (Å²) in [5, 5.41) is 0. The Labute approximate surface area is 95.6 Å². The molecule has 1 rings (SSSR count). The molecule has 0 spiro atoms. The monoisotopic (exact) mass is 224 g/mol. The third-order valence-electron chi connectivity index (χ3n) is 2.23. The number of rotatable bonds is 5. The maximum absolute atomic E-state index is 11.1. The predicted octanol–water partition coefficient (Wildman–Crippen LogP) is 0.942. The Morgan fingerprint density at radius 1 is 1.69 bits per heavy atom. The topological polar surface area (TPSA) is 70.1 Å². The summed E-state index contributed by atoms with van der Waals surface area (Å²) in [6.45, 7) is 8.32. The van der Waals surface area contributed by atoms with E-state index in [1.54, 1.807) is 10.8 Å². The molecule has 5 nitrogen and oxygen atoms in total. The molecule has 1 aromatic heterocycles. The lowest BCUT2D eigenvalue weighted by Gasteiger charge is -2.28. The van der Waals surface area contributed by atoms with Crippen LogP contribution in [0, 0.1) is 6.20 Å². The molecule has 0 saturated carbocycles. The highest BCUT2D eigenvalue weighted by Crippen LogP contribution is 2.18. The first-order valence-corrected chi connectivity index (χ1v) is 5.22. The second-order valence-corrected chi connectivity index (χ2v) is 4.60. The first-order chi connectivity index (χ1) is 7.34. The molecule has 5 heteroatoms. The highest BCUT2D eigenvalue weighted by molar-refractivity contribution is 5.89. The number of imidazole rings is 1. The molecule has 1 amide bonds. The van der Waals surface area contributed by atoms with Crippen molar-refractivity contribution in [3.05, 3.63) is 18.2 Å². The van der Waals surface area contributed by atoms with Gasteiger partial charge in [0.15, 0.2) is 5.82 Å². The molecule has 0 saturated heterocycles.